The molecule has 1 aromatic carbocycles. The number of H-pyrrole nitrogens is 1. The summed E-state index contributed by atoms with van der Waals surface area (Å²) < 4.78 is 5.27. The Kier molecular flexibility index (Phi) is 3.76. The highest BCUT2D eigenvalue weighted by Gasteiger charge is 2.19. The lowest BCUT2D eigenvalue weighted by Crippen LogP contribution is -2.08. The summed E-state index contributed by atoms with van der Waals surface area (Å²) >= 11 is 2.97. The van der Waals surface area contributed by atoms with Crippen LogP contribution in [0, 0.1) is 21.4 Å². The van der Waals surface area contributed by atoms with Crippen LogP contribution in [0.15, 0.2) is 33.8 Å². The molecule has 0 unspecified atom stereocenters. The zero-order valence-corrected chi connectivity index (χ0v) is 11.2. The largest absolute Gasteiger partial charge is 0.430 e. The summed E-state index contributed by atoms with van der Waals surface area (Å²) in [6.07, 6.45) is 1.11. The van der Waals surface area contributed by atoms with E-state index in [1.165, 1.54) is 12.1 Å². The van der Waals surface area contributed by atoms with Crippen molar-refractivity contribution < 1.29 is 9.66 Å². The highest BCUT2D eigenvalue weighted by molar-refractivity contribution is 9.10. The van der Waals surface area contributed by atoms with Gasteiger partial charge in [0.15, 0.2) is 0 Å². The molecule has 0 radical (unpaired) electrons. The number of hydrogen-bond donors (Lipinski definition) is 1. The molecule has 0 spiro atoms. The van der Waals surface area contributed by atoms with Gasteiger partial charge < -0.3 is 9.72 Å². The molecule has 0 saturated carbocycles. The molecule has 2 aromatic rings. The van der Waals surface area contributed by atoms with Crippen LogP contribution in [0.25, 0.3) is 0 Å². The summed E-state index contributed by atoms with van der Waals surface area (Å²) in [6, 6.07) is 5.51. The molecule has 1 heterocycles. The standard InChI is InChI=1S/C11H5BrN4O4/c12-9-10(17)14-5-15-11(9)20-8-2-1-6(4-13)3-7(8)16(18)19/h1-3,5H,(H,14,15,17). The van der Waals surface area contributed by atoms with Gasteiger partial charge in [-0.3, -0.25) is 14.9 Å². The predicted molar refractivity (Wildman–Crippen MR) is 70.4 cm³/mol. The Balaban J connectivity index is 2.49. The first-order valence-electron chi connectivity index (χ1n) is 5.12. The monoisotopic (exact) mass is 336 g/mol. The molecule has 2 rings (SSSR count). The topological polar surface area (TPSA) is 122 Å². The maximum atomic E-state index is 11.3. The summed E-state index contributed by atoms with van der Waals surface area (Å²) in [5.41, 5.74) is -0.744. The van der Waals surface area contributed by atoms with E-state index in [1.807, 2.05) is 0 Å². The molecule has 8 nitrogen and oxygen atoms in total. The van der Waals surface area contributed by atoms with E-state index in [0.29, 0.717) is 0 Å². The summed E-state index contributed by atoms with van der Waals surface area (Å²) in [5.74, 6) is -0.227. The van der Waals surface area contributed by atoms with Crippen molar-refractivity contribution in [2.45, 2.75) is 0 Å². The van der Waals surface area contributed by atoms with E-state index < -0.39 is 16.2 Å². The smallest absolute Gasteiger partial charge is 0.312 e. The van der Waals surface area contributed by atoms with Crippen LogP contribution in [0.2, 0.25) is 0 Å². The SMILES string of the molecule is N#Cc1ccc(Oc2nc[nH]c(=O)c2Br)c([N+](=O)[O-])c1. The molecule has 0 aliphatic carbocycles. The lowest BCUT2D eigenvalue weighted by molar-refractivity contribution is -0.385. The van der Waals surface area contributed by atoms with Gasteiger partial charge >= 0.3 is 5.69 Å². The van der Waals surface area contributed by atoms with E-state index >= 15 is 0 Å². The van der Waals surface area contributed by atoms with Crippen LogP contribution in [0.1, 0.15) is 5.56 Å². The Morgan fingerprint density at radius 2 is 2.25 bits per heavy atom. The van der Waals surface area contributed by atoms with Crippen molar-refractivity contribution in [3.8, 4) is 17.7 Å². The second kappa shape index (κ2) is 5.50. The second-order valence-corrected chi connectivity index (χ2v) is 4.30. The number of aromatic nitrogens is 2. The third-order valence-corrected chi connectivity index (χ3v) is 2.96. The molecule has 1 aromatic heterocycles. The van der Waals surface area contributed by atoms with Crippen molar-refractivity contribution in [2.24, 2.45) is 0 Å². The van der Waals surface area contributed by atoms with Gasteiger partial charge in [0.25, 0.3) is 5.56 Å². The number of halogens is 1. The molecule has 0 aliphatic rings. The summed E-state index contributed by atoms with van der Waals surface area (Å²) in [6.45, 7) is 0. The van der Waals surface area contributed by atoms with Gasteiger partial charge in [0.05, 0.1) is 22.9 Å². The van der Waals surface area contributed by atoms with Gasteiger partial charge in [-0.25, -0.2) is 4.98 Å². The fraction of sp³-hybridized carbons (Fsp3) is 0. The predicted octanol–water partition coefficient (Wildman–Crippen LogP) is 2.10. The Hall–Kier alpha value is -2.73. The Labute approximate surface area is 119 Å². The Morgan fingerprint density at radius 1 is 1.50 bits per heavy atom. The van der Waals surface area contributed by atoms with Crippen molar-refractivity contribution >= 4 is 21.6 Å². The summed E-state index contributed by atoms with van der Waals surface area (Å²) in [7, 11) is 0. The summed E-state index contributed by atoms with van der Waals surface area (Å²) in [5, 5.41) is 19.7. The zero-order chi connectivity index (χ0) is 14.7. The zero-order valence-electron chi connectivity index (χ0n) is 9.66. The van der Waals surface area contributed by atoms with E-state index in [-0.39, 0.29) is 21.7 Å². The molecular weight excluding hydrogens is 332 g/mol. The normalized spacial score (nSPS) is 9.80. The maximum absolute atomic E-state index is 11.3. The van der Waals surface area contributed by atoms with Crippen LogP contribution >= 0.6 is 15.9 Å². The van der Waals surface area contributed by atoms with Crippen LogP contribution < -0.4 is 10.3 Å². The van der Waals surface area contributed by atoms with E-state index in [0.717, 1.165) is 12.4 Å². The lowest BCUT2D eigenvalue weighted by atomic mass is 10.2. The number of ether oxygens (including phenoxy) is 1. The highest BCUT2D eigenvalue weighted by atomic mass is 79.9. The van der Waals surface area contributed by atoms with Crippen molar-refractivity contribution in [3.05, 3.63) is 55.0 Å². The molecule has 0 amide bonds. The molecule has 20 heavy (non-hydrogen) atoms. The number of hydrogen-bond acceptors (Lipinski definition) is 6. The van der Waals surface area contributed by atoms with Crippen LogP contribution in [0.4, 0.5) is 5.69 Å². The maximum Gasteiger partial charge on any atom is 0.312 e. The van der Waals surface area contributed by atoms with Crippen LogP contribution in [-0.2, 0) is 0 Å². The van der Waals surface area contributed by atoms with Crippen molar-refractivity contribution in [1.82, 2.24) is 9.97 Å². The van der Waals surface area contributed by atoms with Gasteiger partial charge in [0, 0.05) is 6.07 Å². The fourth-order valence-electron chi connectivity index (χ4n) is 1.36. The number of nitro groups is 1. The quantitative estimate of drug-likeness (QED) is 0.676. The van der Waals surface area contributed by atoms with Crippen LogP contribution in [-0.4, -0.2) is 14.9 Å². The molecule has 0 aliphatic heterocycles. The Bertz CT molecular complexity index is 781. The van der Waals surface area contributed by atoms with Crippen LogP contribution in [0.5, 0.6) is 11.6 Å². The van der Waals surface area contributed by atoms with Crippen molar-refractivity contribution in [3.63, 3.8) is 0 Å². The van der Waals surface area contributed by atoms with Gasteiger partial charge in [0.1, 0.15) is 4.47 Å². The number of rotatable bonds is 3. The number of nitro benzene ring substituents is 1. The number of nitrogens with zero attached hydrogens (tertiary/aromatic N) is 3. The highest BCUT2D eigenvalue weighted by Crippen LogP contribution is 2.32. The van der Waals surface area contributed by atoms with Gasteiger partial charge in [-0.15, -0.1) is 0 Å². The molecule has 1 N–H and O–H groups in total. The molecule has 0 atom stereocenters. The van der Waals surface area contributed by atoms with E-state index in [9.17, 15) is 14.9 Å². The number of aromatic amines is 1. The molecule has 100 valence electrons. The first kappa shape index (κ1) is 13.7. The fourth-order valence-corrected chi connectivity index (χ4v) is 1.66. The van der Waals surface area contributed by atoms with E-state index in [2.05, 4.69) is 25.9 Å². The van der Waals surface area contributed by atoms with Gasteiger partial charge in [0.2, 0.25) is 11.6 Å². The number of nitrogens with one attached hydrogen (secondary N) is 1. The van der Waals surface area contributed by atoms with E-state index in [4.69, 9.17) is 10.00 Å². The molecular formula is C11H5BrN4O4. The van der Waals surface area contributed by atoms with Gasteiger partial charge in [-0.1, -0.05) is 0 Å². The first-order chi connectivity index (χ1) is 9.52. The third-order valence-electron chi connectivity index (χ3n) is 2.26. The summed E-state index contributed by atoms with van der Waals surface area (Å²) in [4.78, 5) is 27.7. The average Bonchev–Trinajstić information content (AvgIpc) is 2.44. The first-order valence-corrected chi connectivity index (χ1v) is 5.92. The Morgan fingerprint density at radius 3 is 2.90 bits per heavy atom. The van der Waals surface area contributed by atoms with Gasteiger partial charge in [-0.2, -0.15) is 5.26 Å². The number of benzene rings is 1. The minimum atomic E-state index is -0.683. The number of nitriles is 1. The van der Waals surface area contributed by atoms with E-state index in [1.54, 1.807) is 6.07 Å². The lowest BCUT2D eigenvalue weighted by Gasteiger charge is -2.06. The molecule has 9 heteroatoms. The molecule has 0 saturated heterocycles. The van der Waals surface area contributed by atoms with Crippen molar-refractivity contribution in [2.75, 3.05) is 0 Å². The third kappa shape index (κ3) is 2.65. The second-order valence-electron chi connectivity index (χ2n) is 3.50. The minimum absolute atomic E-state index is 0.0126. The molecule has 0 fully saturated rings. The average molecular weight is 337 g/mol. The van der Waals surface area contributed by atoms with Crippen LogP contribution in [0.3, 0.4) is 0 Å². The van der Waals surface area contributed by atoms with Crippen molar-refractivity contribution in [1.29, 1.82) is 5.26 Å². The molecule has 0 bridgehead atoms. The van der Waals surface area contributed by atoms with Gasteiger partial charge in [-0.05, 0) is 28.1 Å². The minimum Gasteiger partial charge on any atom is -0.430 e.